The number of carbonyl (C=O) groups excluding carboxylic acids is 1. The van der Waals surface area contributed by atoms with E-state index >= 15 is 0 Å². The number of fused-ring (bicyclic) bond motifs is 1. The van der Waals surface area contributed by atoms with Crippen molar-refractivity contribution in [1.82, 2.24) is 19.5 Å². The number of aromatic nitrogens is 4. The largest absolute Gasteiger partial charge is 0.459 e. The quantitative estimate of drug-likeness (QED) is 0.305. The zero-order chi connectivity index (χ0) is 21.3. The van der Waals surface area contributed by atoms with Gasteiger partial charge in [0.05, 0.1) is 11.9 Å². The number of aliphatic hydroxyl groups is 1. The lowest BCUT2D eigenvalue weighted by atomic mass is 10.1. The maximum Gasteiger partial charge on any atom is 0.338 e. The molecule has 4 rings (SSSR count). The van der Waals surface area contributed by atoms with Gasteiger partial charge in [0.2, 0.25) is 0 Å². The minimum absolute atomic E-state index is 0.174. The highest BCUT2D eigenvalue weighted by Gasteiger charge is 2.47. The fourth-order valence-corrected chi connectivity index (χ4v) is 3.72. The van der Waals surface area contributed by atoms with Gasteiger partial charge in [0.1, 0.15) is 36.8 Å². The van der Waals surface area contributed by atoms with Crippen LogP contribution in [0.5, 0.6) is 0 Å². The van der Waals surface area contributed by atoms with E-state index in [9.17, 15) is 14.8 Å². The fourth-order valence-electron chi connectivity index (χ4n) is 3.21. The van der Waals surface area contributed by atoms with Gasteiger partial charge in [-0.05, 0) is 12.1 Å². The van der Waals surface area contributed by atoms with Gasteiger partial charge in [0.25, 0.3) is 8.53 Å². The van der Waals surface area contributed by atoms with Crippen LogP contribution in [0.15, 0.2) is 43.0 Å². The number of anilines is 1. The second kappa shape index (κ2) is 8.56. The number of hydrogen-bond donors (Lipinski definition) is 4. The van der Waals surface area contributed by atoms with Gasteiger partial charge in [-0.3, -0.25) is 10.1 Å². The number of imidazole rings is 1. The molecule has 2 aromatic heterocycles. The number of aliphatic hydroxyl groups excluding tert-OH is 1. The topological polar surface area (TPSA) is 181 Å². The minimum atomic E-state index is -2.30. The lowest BCUT2D eigenvalue weighted by Gasteiger charge is -2.21. The summed E-state index contributed by atoms with van der Waals surface area (Å²) in [6, 6.07) is 8.41. The number of carbonyl (C=O) groups is 1. The van der Waals surface area contributed by atoms with Crippen LogP contribution in [-0.2, 0) is 14.0 Å². The lowest BCUT2D eigenvalue weighted by Crippen LogP contribution is -2.36. The molecule has 3 aromatic rings. The van der Waals surface area contributed by atoms with Crippen LogP contribution >= 0.6 is 8.53 Å². The first-order valence-corrected chi connectivity index (χ1v) is 10.1. The molecule has 0 bridgehead atoms. The molecule has 1 aromatic carbocycles. The summed E-state index contributed by atoms with van der Waals surface area (Å²) in [5.74, 6) is -0.392. The molecule has 0 amide bonds. The molecule has 0 radical (unpaired) electrons. The molecular weight excluding hydrogens is 415 g/mol. The average molecular weight is 434 g/mol. The fraction of sp³-hybridized carbons (Fsp3) is 0.294. The summed E-state index contributed by atoms with van der Waals surface area (Å²) in [4.78, 5) is 33.9. The van der Waals surface area contributed by atoms with Crippen molar-refractivity contribution < 1.29 is 28.8 Å². The van der Waals surface area contributed by atoms with Crippen molar-refractivity contribution in [1.29, 1.82) is 0 Å². The molecule has 1 saturated heterocycles. The zero-order valence-corrected chi connectivity index (χ0v) is 16.4. The third-order valence-corrected chi connectivity index (χ3v) is 5.05. The summed E-state index contributed by atoms with van der Waals surface area (Å²) < 4.78 is 17.9. The number of nitrogen functional groups attached to an aromatic ring is 1. The van der Waals surface area contributed by atoms with E-state index in [0.29, 0.717) is 16.7 Å². The number of rotatable bonds is 6. The zero-order valence-electron chi connectivity index (χ0n) is 15.5. The summed E-state index contributed by atoms with van der Waals surface area (Å²) in [5.41, 5.74) is 12.2. The van der Waals surface area contributed by atoms with Gasteiger partial charge >= 0.3 is 5.97 Å². The van der Waals surface area contributed by atoms with Crippen LogP contribution in [0.25, 0.3) is 11.2 Å². The molecule has 6 N–H and O–H groups in total. The predicted octanol–water partition coefficient (Wildman–Crippen LogP) is 0.0869. The van der Waals surface area contributed by atoms with Gasteiger partial charge in [-0.15, -0.1) is 0 Å². The molecule has 12 nitrogen and oxygen atoms in total. The lowest BCUT2D eigenvalue weighted by molar-refractivity contribution is -0.0555. The monoisotopic (exact) mass is 434 g/mol. The highest BCUT2D eigenvalue weighted by Crippen LogP contribution is 2.38. The molecule has 0 aliphatic carbocycles. The second-order valence-electron chi connectivity index (χ2n) is 6.48. The Morgan fingerprint density at radius 1 is 1.27 bits per heavy atom. The van der Waals surface area contributed by atoms with Crippen LogP contribution in [0.4, 0.5) is 5.82 Å². The molecule has 5 atom stereocenters. The van der Waals surface area contributed by atoms with Crippen molar-refractivity contribution in [3.8, 4) is 0 Å². The molecule has 158 valence electrons. The van der Waals surface area contributed by atoms with Gasteiger partial charge in [-0.25, -0.2) is 19.7 Å². The summed E-state index contributed by atoms with van der Waals surface area (Å²) >= 11 is 0. The molecule has 1 aliphatic rings. The van der Waals surface area contributed by atoms with Crippen molar-refractivity contribution in [3.63, 3.8) is 0 Å². The number of nitrogens with two attached hydrogens (primary N) is 2. The van der Waals surface area contributed by atoms with Crippen LogP contribution in [0, 0.1) is 0 Å². The standard InChI is InChI=1S/C17H19N6O6P/c18-14-11-15(21-7-20-14)23(8-22-11)16-12(24)13(29-30(19)26)10(28-16)6-27-17(25)9-4-2-1-3-5-9/h1-5,7-8,10,12-13,16,24,26H,6,19H2,(H2,18,20,21)/t10-,12-,13-,16-,30?/m1/s1. The summed E-state index contributed by atoms with van der Waals surface area (Å²) in [6.45, 7) is -0.237. The number of hydrogen-bond acceptors (Lipinski definition) is 11. The van der Waals surface area contributed by atoms with Gasteiger partial charge in [0, 0.05) is 0 Å². The van der Waals surface area contributed by atoms with Crippen molar-refractivity contribution in [2.24, 2.45) is 5.50 Å². The predicted molar refractivity (Wildman–Crippen MR) is 105 cm³/mol. The highest BCUT2D eigenvalue weighted by molar-refractivity contribution is 7.43. The van der Waals surface area contributed by atoms with E-state index in [1.54, 1.807) is 30.3 Å². The maximum absolute atomic E-state index is 12.2. The van der Waals surface area contributed by atoms with E-state index in [4.69, 9.17) is 25.2 Å². The van der Waals surface area contributed by atoms with E-state index in [1.165, 1.54) is 17.2 Å². The van der Waals surface area contributed by atoms with Gasteiger partial charge in [-0.2, -0.15) is 0 Å². The Labute approximate surface area is 171 Å². The minimum Gasteiger partial charge on any atom is -0.459 e. The van der Waals surface area contributed by atoms with E-state index < -0.39 is 39.0 Å². The second-order valence-corrected chi connectivity index (χ2v) is 7.29. The molecule has 0 saturated carbocycles. The highest BCUT2D eigenvalue weighted by atomic mass is 31.2. The maximum atomic E-state index is 12.2. The van der Waals surface area contributed by atoms with Crippen molar-refractivity contribution in [3.05, 3.63) is 48.5 Å². The molecule has 1 aliphatic heterocycles. The van der Waals surface area contributed by atoms with Gasteiger partial charge in [-0.1, -0.05) is 18.2 Å². The van der Waals surface area contributed by atoms with Gasteiger partial charge < -0.3 is 29.7 Å². The SMILES string of the molecule is Nc1ncnc2c1ncn2[C@@H]1O[C@H](COC(=O)c2ccccc2)[C@@H](OP(N)O)[C@H]1O. The van der Waals surface area contributed by atoms with Gasteiger partial charge in [0.15, 0.2) is 17.7 Å². The van der Waals surface area contributed by atoms with Crippen molar-refractivity contribution >= 4 is 31.5 Å². The summed E-state index contributed by atoms with van der Waals surface area (Å²) in [5, 5.41) is 10.8. The molecular formula is C17H19N6O6P. The summed E-state index contributed by atoms with van der Waals surface area (Å²) in [7, 11) is -2.30. The van der Waals surface area contributed by atoms with Crippen LogP contribution in [0.2, 0.25) is 0 Å². The van der Waals surface area contributed by atoms with Crippen LogP contribution < -0.4 is 11.2 Å². The Bertz CT molecular complexity index is 1030. The van der Waals surface area contributed by atoms with Crippen LogP contribution in [0.3, 0.4) is 0 Å². The first-order valence-electron chi connectivity index (χ1n) is 8.85. The van der Waals surface area contributed by atoms with Crippen LogP contribution in [-0.4, -0.2) is 60.4 Å². The number of ether oxygens (including phenoxy) is 2. The first-order chi connectivity index (χ1) is 14.5. The molecule has 1 unspecified atom stereocenters. The summed E-state index contributed by atoms with van der Waals surface area (Å²) in [6.07, 6.45) is -1.57. The molecule has 0 spiro atoms. The molecule has 30 heavy (non-hydrogen) atoms. The molecule has 1 fully saturated rings. The van der Waals surface area contributed by atoms with E-state index in [1.807, 2.05) is 0 Å². The number of nitrogens with zero attached hydrogens (tertiary/aromatic N) is 4. The Hall–Kier alpha value is -2.73. The van der Waals surface area contributed by atoms with Crippen molar-refractivity contribution in [2.75, 3.05) is 12.3 Å². The first kappa shape index (κ1) is 20.5. The number of esters is 1. The third kappa shape index (κ3) is 3.97. The van der Waals surface area contributed by atoms with Crippen molar-refractivity contribution in [2.45, 2.75) is 24.5 Å². The van der Waals surface area contributed by atoms with E-state index in [-0.39, 0.29) is 12.4 Å². The Kier molecular flexibility index (Phi) is 5.86. The average Bonchev–Trinajstić information content (AvgIpc) is 3.29. The van der Waals surface area contributed by atoms with E-state index in [2.05, 4.69) is 15.0 Å². The molecule has 3 heterocycles. The third-order valence-electron chi connectivity index (χ3n) is 4.59. The Morgan fingerprint density at radius 2 is 2.03 bits per heavy atom. The Morgan fingerprint density at radius 3 is 2.77 bits per heavy atom. The van der Waals surface area contributed by atoms with E-state index in [0.717, 1.165) is 0 Å². The number of benzene rings is 1. The smallest absolute Gasteiger partial charge is 0.338 e. The Balaban J connectivity index is 1.55. The normalized spacial score (nSPS) is 24.8. The molecule has 13 heteroatoms. The van der Waals surface area contributed by atoms with Crippen LogP contribution in [0.1, 0.15) is 16.6 Å².